The van der Waals surface area contributed by atoms with Crippen molar-refractivity contribution in [3.05, 3.63) is 66.0 Å². The predicted molar refractivity (Wildman–Crippen MR) is 105 cm³/mol. The van der Waals surface area contributed by atoms with E-state index in [-0.39, 0.29) is 30.9 Å². The van der Waals surface area contributed by atoms with Crippen LogP contribution < -0.4 is 10.1 Å². The van der Waals surface area contributed by atoms with Gasteiger partial charge in [0.05, 0.1) is 13.1 Å². The topological polar surface area (TPSA) is 61.9 Å². The highest BCUT2D eigenvalue weighted by molar-refractivity contribution is 5.83. The fourth-order valence-corrected chi connectivity index (χ4v) is 2.51. The molecule has 0 aromatic heterocycles. The van der Waals surface area contributed by atoms with Gasteiger partial charge < -0.3 is 19.9 Å². The highest BCUT2D eigenvalue weighted by Gasteiger charge is 2.15. The third kappa shape index (κ3) is 6.90. The number of halogens is 1. The Morgan fingerprint density at radius 2 is 1.75 bits per heavy atom. The summed E-state index contributed by atoms with van der Waals surface area (Å²) in [6, 6.07) is 15.0. The van der Waals surface area contributed by atoms with Crippen LogP contribution in [0.25, 0.3) is 0 Å². The second-order valence-electron chi connectivity index (χ2n) is 6.28. The molecule has 0 unspecified atom stereocenters. The molecule has 6 nitrogen and oxygen atoms in total. The summed E-state index contributed by atoms with van der Waals surface area (Å²) in [6.45, 7) is 3.50. The number of rotatable bonds is 9. The largest absolute Gasteiger partial charge is 0.492 e. The molecule has 0 radical (unpaired) electrons. The monoisotopic (exact) mass is 387 g/mol. The number of ether oxygens (including phenoxy) is 1. The molecule has 1 N–H and O–H groups in total. The normalized spacial score (nSPS) is 10.2. The molecule has 0 fully saturated rings. The summed E-state index contributed by atoms with van der Waals surface area (Å²) in [6.07, 6.45) is 0. The molecule has 0 spiro atoms. The summed E-state index contributed by atoms with van der Waals surface area (Å²) >= 11 is 0. The van der Waals surface area contributed by atoms with Gasteiger partial charge in [0.15, 0.2) is 0 Å². The van der Waals surface area contributed by atoms with Gasteiger partial charge in [-0.1, -0.05) is 30.3 Å². The van der Waals surface area contributed by atoms with E-state index < -0.39 is 0 Å². The first-order valence-electron chi connectivity index (χ1n) is 9.18. The van der Waals surface area contributed by atoms with Crippen molar-refractivity contribution in [2.45, 2.75) is 13.5 Å². The lowest BCUT2D eigenvalue weighted by molar-refractivity contribution is -0.130. The Morgan fingerprint density at radius 1 is 1.07 bits per heavy atom. The zero-order chi connectivity index (χ0) is 20.4. The van der Waals surface area contributed by atoms with Crippen LogP contribution in [0.1, 0.15) is 12.5 Å². The average Bonchev–Trinajstić information content (AvgIpc) is 2.72. The molecule has 0 saturated carbocycles. The van der Waals surface area contributed by atoms with Crippen molar-refractivity contribution in [1.29, 1.82) is 0 Å². The molecule has 3 amide bonds. The number of hydrogen-bond donors (Lipinski definition) is 1. The van der Waals surface area contributed by atoms with Crippen molar-refractivity contribution in [1.82, 2.24) is 15.1 Å². The van der Waals surface area contributed by atoms with Crippen molar-refractivity contribution in [2.75, 3.05) is 33.3 Å². The number of likely N-dealkylation sites (N-methyl/N-ethyl adjacent to an activating group) is 2. The Labute approximate surface area is 164 Å². The number of carbonyl (C=O) groups excluding carboxylic acids is 2. The van der Waals surface area contributed by atoms with Crippen LogP contribution in [-0.4, -0.2) is 55.0 Å². The van der Waals surface area contributed by atoms with E-state index in [1.165, 1.54) is 29.2 Å². The highest BCUT2D eigenvalue weighted by Crippen LogP contribution is 2.10. The fraction of sp³-hybridized carbons (Fsp3) is 0.333. The minimum Gasteiger partial charge on any atom is -0.492 e. The Kier molecular flexibility index (Phi) is 8.27. The molecule has 0 aliphatic rings. The van der Waals surface area contributed by atoms with E-state index in [9.17, 15) is 14.0 Å². The predicted octanol–water partition coefficient (Wildman–Crippen LogP) is 2.89. The van der Waals surface area contributed by atoms with Crippen molar-refractivity contribution in [2.24, 2.45) is 0 Å². The third-order valence-corrected chi connectivity index (χ3v) is 4.20. The molecule has 0 bridgehead atoms. The smallest absolute Gasteiger partial charge is 0.317 e. The number of nitrogens with zero attached hydrogens (tertiary/aromatic N) is 2. The van der Waals surface area contributed by atoms with Crippen LogP contribution in [0.5, 0.6) is 5.75 Å². The Balaban J connectivity index is 1.71. The molecule has 0 atom stereocenters. The van der Waals surface area contributed by atoms with Gasteiger partial charge in [-0.3, -0.25) is 4.79 Å². The van der Waals surface area contributed by atoms with Crippen molar-refractivity contribution in [3.63, 3.8) is 0 Å². The standard InChI is InChI=1S/C21H26FN3O3/c1-3-25(16-17-7-5-4-6-8-17)20(26)15-23-21(27)24(2)13-14-28-19-11-9-18(22)10-12-19/h4-12H,3,13-16H2,1-2H3,(H,23,27). The van der Waals surface area contributed by atoms with Crippen molar-refractivity contribution < 1.29 is 18.7 Å². The van der Waals surface area contributed by atoms with Crippen LogP contribution in [0.4, 0.5) is 9.18 Å². The molecular weight excluding hydrogens is 361 g/mol. The minimum atomic E-state index is -0.355. The van der Waals surface area contributed by atoms with Gasteiger partial charge in [0.25, 0.3) is 0 Å². The van der Waals surface area contributed by atoms with Crippen LogP contribution in [0.2, 0.25) is 0 Å². The van der Waals surface area contributed by atoms with E-state index in [4.69, 9.17) is 4.74 Å². The van der Waals surface area contributed by atoms with Crippen LogP contribution in [0.3, 0.4) is 0 Å². The van der Waals surface area contributed by atoms with Gasteiger partial charge in [-0.05, 0) is 36.8 Å². The van der Waals surface area contributed by atoms with Crippen LogP contribution in [0, 0.1) is 5.82 Å². The van der Waals surface area contributed by atoms with Crippen LogP contribution in [0.15, 0.2) is 54.6 Å². The summed E-state index contributed by atoms with van der Waals surface area (Å²) in [5, 5.41) is 2.63. The van der Waals surface area contributed by atoms with Crippen molar-refractivity contribution in [3.8, 4) is 5.75 Å². The number of nitrogens with one attached hydrogen (secondary N) is 1. The zero-order valence-electron chi connectivity index (χ0n) is 16.2. The SMILES string of the molecule is CCN(Cc1ccccc1)C(=O)CNC(=O)N(C)CCOc1ccc(F)cc1. The van der Waals surface area contributed by atoms with E-state index in [1.54, 1.807) is 11.9 Å². The second-order valence-corrected chi connectivity index (χ2v) is 6.28. The molecule has 0 aliphatic carbocycles. The first-order valence-corrected chi connectivity index (χ1v) is 9.18. The number of carbonyl (C=O) groups is 2. The maximum atomic E-state index is 12.8. The molecule has 0 heterocycles. The maximum Gasteiger partial charge on any atom is 0.317 e. The van der Waals surface area contributed by atoms with Gasteiger partial charge in [0.1, 0.15) is 18.2 Å². The summed E-state index contributed by atoms with van der Waals surface area (Å²) in [4.78, 5) is 27.6. The second kappa shape index (κ2) is 10.9. The first-order chi connectivity index (χ1) is 13.5. The fourth-order valence-electron chi connectivity index (χ4n) is 2.51. The lowest BCUT2D eigenvalue weighted by Crippen LogP contribution is -2.45. The average molecular weight is 387 g/mol. The number of urea groups is 1. The van der Waals surface area contributed by atoms with Gasteiger partial charge in [-0.25, -0.2) is 9.18 Å². The van der Waals surface area contributed by atoms with E-state index in [0.29, 0.717) is 25.4 Å². The van der Waals surface area contributed by atoms with Gasteiger partial charge in [0, 0.05) is 20.1 Å². The summed E-state index contributed by atoms with van der Waals surface area (Å²) in [5.41, 5.74) is 1.04. The lowest BCUT2D eigenvalue weighted by atomic mass is 10.2. The molecular formula is C21H26FN3O3. The molecule has 28 heavy (non-hydrogen) atoms. The zero-order valence-corrected chi connectivity index (χ0v) is 16.2. The van der Waals surface area contributed by atoms with Crippen LogP contribution >= 0.6 is 0 Å². The Hall–Kier alpha value is -3.09. The summed E-state index contributed by atoms with van der Waals surface area (Å²) in [5.74, 6) is 0.0578. The minimum absolute atomic E-state index is 0.0668. The first kappa shape index (κ1) is 21.2. The number of hydrogen-bond acceptors (Lipinski definition) is 3. The van der Waals surface area contributed by atoms with Crippen LogP contribution in [-0.2, 0) is 11.3 Å². The molecule has 0 aliphatic heterocycles. The van der Waals surface area contributed by atoms with E-state index >= 15 is 0 Å². The number of benzene rings is 2. The van der Waals surface area contributed by atoms with Crippen molar-refractivity contribution >= 4 is 11.9 Å². The molecule has 2 aromatic carbocycles. The summed E-state index contributed by atoms with van der Waals surface area (Å²) in [7, 11) is 1.62. The number of amides is 3. The maximum absolute atomic E-state index is 12.8. The van der Waals surface area contributed by atoms with Gasteiger partial charge in [-0.15, -0.1) is 0 Å². The van der Waals surface area contributed by atoms with Gasteiger partial charge in [-0.2, -0.15) is 0 Å². The molecule has 2 rings (SSSR count). The highest BCUT2D eigenvalue weighted by atomic mass is 19.1. The van der Waals surface area contributed by atoms with E-state index in [2.05, 4.69) is 5.32 Å². The quantitative estimate of drug-likeness (QED) is 0.720. The molecule has 7 heteroatoms. The van der Waals surface area contributed by atoms with E-state index in [1.807, 2.05) is 37.3 Å². The molecule has 0 saturated heterocycles. The summed E-state index contributed by atoms with van der Waals surface area (Å²) < 4.78 is 18.3. The Bertz CT molecular complexity index is 753. The molecule has 2 aromatic rings. The van der Waals surface area contributed by atoms with Gasteiger partial charge >= 0.3 is 6.03 Å². The van der Waals surface area contributed by atoms with E-state index in [0.717, 1.165) is 5.56 Å². The van der Waals surface area contributed by atoms with Gasteiger partial charge in [0.2, 0.25) is 5.91 Å². The Morgan fingerprint density at radius 3 is 2.39 bits per heavy atom. The molecule has 150 valence electrons. The third-order valence-electron chi connectivity index (χ3n) is 4.20. The lowest BCUT2D eigenvalue weighted by Gasteiger charge is -2.23.